The Labute approximate surface area is 235 Å². The topological polar surface area (TPSA) is 122 Å². The first kappa shape index (κ1) is 36.3. The normalized spacial score (nSPS) is 14.1. The van der Waals surface area contributed by atoms with E-state index in [-0.39, 0.29) is 35.6 Å². The van der Waals surface area contributed by atoms with Gasteiger partial charge in [0.05, 0.1) is 11.6 Å². The molecule has 9 nitrogen and oxygen atoms in total. The van der Waals surface area contributed by atoms with Crippen molar-refractivity contribution in [3.63, 3.8) is 0 Å². The van der Waals surface area contributed by atoms with Gasteiger partial charge in [-0.25, -0.2) is 4.79 Å². The van der Waals surface area contributed by atoms with Crippen LogP contribution in [0.5, 0.6) is 0 Å². The van der Waals surface area contributed by atoms with Gasteiger partial charge in [-0.05, 0) is 31.6 Å². The van der Waals surface area contributed by atoms with Gasteiger partial charge in [0.2, 0.25) is 12.3 Å². The highest BCUT2D eigenvalue weighted by atomic mass is 16.5. The highest BCUT2D eigenvalue weighted by molar-refractivity contribution is 5.97. The van der Waals surface area contributed by atoms with E-state index in [4.69, 9.17) is 4.74 Å². The van der Waals surface area contributed by atoms with Crippen LogP contribution in [0.3, 0.4) is 0 Å². The Morgan fingerprint density at radius 1 is 0.923 bits per heavy atom. The Bertz CT molecular complexity index is 796. The molecule has 0 rings (SSSR count). The molecule has 0 spiro atoms. The minimum atomic E-state index is -0.796. The summed E-state index contributed by atoms with van der Waals surface area (Å²) >= 11 is 0. The molecule has 224 valence electrons. The highest BCUT2D eigenvalue weighted by Gasteiger charge is 2.31. The molecule has 2 N–H and O–H groups in total. The van der Waals surface area contributed by atoms with E-state index in [9.17, 15) is 24.0 Å². The molecule has 0 saturated heterocycles. The third-order valence-corrected chi connectivity index (χ3v) is 7.06. The van der Waals surface area contributed by atoms with E-state index in [1.165, 1.54) is 30.6 Å². The summed E-state index contributed by atoms with van der Waals surface area (Å²) in [5.41, 5.74) is 0.246. The first-order chi connectivity index (χ1) is 18.5. The van der Waals surface area contributed by atoms with Crippen LogP contribution in [-0.4, -0.2) is 61.1 Å². The van der Waals surface area contributed by atoms with Gasteiger partial charge in [0.15, 0.2) is 0 Å². The quantitative estimate of drug-likeness (QED) is 0.0662. The van der Waals surface area contributed by atoms with Crippen molar-refractivity contribution in [1.82, 2.24) is 15.5 Å². The third-order valence-electron chi connectivity index (χ3n) is 7.06. The van der Waals surface area contributed by atoms with E-state index in [1.54, 1.807) is 14.0 Å². The molecule has 0 saturated carbocycles. The summed E-state index contributed by atoms with van der Waals surface area (Å²) in [4.78, 5) is 62.6. The maximum absolute atomic E-state index is 13.5. The lowest BCUT2D eigenvalue weighted by atomic mass is 9.97. The Kier molecular flexibility index (Phi) is 19.7. The maximum atomic E-state index is 13.5. The monoisotopic (exact) mass is 551 g/mol. The van der Waals surface area contributed by atoms with Crippen molar-refractivity contribution < 1.29 is 28.7 Å². The molecule has 9 heteroatoms. The number of likely N-dealkylation sites (N-methyl/N-ethyl adjacent to an activating group) is 1. The van der Waals surface area contributed by atoms with Crippen LogP contribution < -0.4 is 10.6 Å². The number of aldehydes is 1. The smallest absolute Gasteiger partial charge is 0.330 e. The first-order valence-corrected chi connectivity index (χ1v) is 14.6. The second-order valence-corrected chi connectivity index (χ2v) is 10.9. The number of esters is 1. The second-order valence-electron chi connectivity index (χ2n) is 10.9. The molecule has 0 bridgehead atoms. The number of nitrogens with zero attached hydrogens (tertiary/aromatic N) is 1. The van der Waals surface area contributed by atoms with Gasteiger partial charge >= 0.3 is 5.97 Å². The third kappa shape index (κ3) is 14.9. The van der Waals surface area contributed by atoms with Crippen LogP contribution in [0, 0.1) is 11.8 Å². The number of allylic oxidation sites excluding steroid dienone is 1. The minimum absolute atomic E-state index is 0.0357. The Hall–Kier alpha value is -2.71. The number of rotatable bonds is 22. The molecule has 0 aliphatic carbocycles. The van der Waals surface area contributed by atoms with Crippen molar-refractivity contribution in [2.45, 2.75) is 124 Å². The number of nitrogens with one attached hydrogen (secondary N) is 2. The largest absolute Gasteiger partial charge is 0.429 e. The molecule has 0 aromatic rings. The average Bonchev–Trinajstić information content (AvgIpc) is 2.92. The van der Waals surface area contributed by atoms with Crippen molar-refractivity contribution in [2.75, 3.05) is 13.6 Å². The summed E-state index contributed by atoms with van der Waals surface area (Å²) in [5.74, 6) is -1.14. The van der Waals surface area contributed by atoms with Gasteiger partial charge in [-0.15, -0.1) is 0 Å². The molecule has 0 aromatic carbocycles. The fourth-order valence-electron chi connectivity index (χ4n) is 4.27. The van der Waals surface area contributed by atoms with Crippen LogP contribution in [0.25, 0.3) is 0 Å². The standard InChI is InChI=1S/C30H53N3O6/c1-8-10-11-12-13-14-15-16-17-27(39-28(36)19-31-21-35)24(6)30(38)33(7)26(18-22(3)4)29(37)32-25(20-34)23(5)9-2/h20-23,25-26H,8-19H2,1-7H3,(H,31,35)(H,32,37)/b27-24-. The predicted octanol–water partition coefficient (Wildman–Crippen LogP) is 4.68. The molecule has 3 unspecified atom stereocenters. The van der Waals surface area contributed by atoms with Gasteiger partial charge in [0.25, 0.3) is 5.91 Å². The Morgan fingerprint density at radius 2 is 1.51 bits per heavy atom. The van der Waals surface area contributed by atoms with Crippen LogP contribution in [0.15, 0.2) is 11.3 Å². The molecule has 0 radical (unpaired) electrons. The molecular weight excluding hydrogens is 498 g/mol. The van der Waals surface area contributed by atoms with E-state index in [2.05, 4.69) is 17.6 Å². The zero-order valence-electron chi connectivity index (χ0n) is 25.3. The first-order valence-electron chi connectivity index (χ1n) is 14.6. The zero-order chi connectivity index (χ0) is 29.8. The summed E-state index contributed by atoms with van der Waals surface area (Å²) < 4.78 is 5.52. The minimum Gasteiger partial charge on any atom is -0.429 e. The van der Waals surface area contributed by atoms with Crippen molar-refractivity contribution in [1.29, 1.82) is 0 Å². The molecule has 0 aromatic heterocycles. The lowest BCUT2D eigenvalue weighted by molar-refractivity contribution is -0.140. The molecule has 0 fully saturated rings. The number of amides is 3. The van der Waals surface area contributed by atoms with Crippen molar-refractivity contribution in [3.05, 3.63) is 11.3 Å². The van der Waals surface area contributed by atoms with Crippen molar-refractivity contribution >= 4 is 30.5 Å². The highest BCUT2D eigenvalue weighted by Crippen LogP contribution is 2.21. The second kappa shape index (κ2) is 21.2. The van der Waals surface area contributed by atoms with Crippen molar-refractivity contribution in [2.24, 2.45) is 11.8 Å². The molecule has 3 atom stereocenters. The SMILES string of the molecule is CCCCCCCCCC/C(OC(=O)CNC=O)=C(\C)C(=O)N(C)C(CC(C)C)C(=O)NC(C=O)C(C)CC. The lowest BCUT2D eigenvalue weighted by Gasteiger charge is -2.31. The van der Waals surface area contributed by atoms with E-state index < -0.39 is 24.0 Å². The van der Waals surface area contributed by atoms with E-state index in [0.29, 0.717) is 19.3 Å². The summed E-state index contributed by atoms with van der Waals surface area (Å²) in [6, 6.07) is -1.43. The van der Waals surface area contributed by atoms with Crippen LogP contribution in [0.4, 0.5) is 0 Å². The van der Waals surface area contributed by atoms with E-state index >= 15 is 0 Å². The molecule has 0 heterocycles. The number of unbranched alkanes of at least 4 members (excludes halogenated alkanes) is 7. The fourth-order valence-corrected chi connectivity index (χ4v) is 4.27. The summed E-state index contributed by atoms with van der Waals surface area (Å²) in [5, 5.41) is 5.09. The number of hydrogen-bond acceptors (Lipinski definition) is 6. The van der Waals surface area contributed by atoms with Gasteiger partial charge in [-0.2, -0.15) is 0 Å². The molecule has 39 heavy (non-hydrogen) atoms. The van der Waals surface area contributed by atoms with Crippen molar-refractivity contribution in [3.8, 4) is 0 Å². The number of hydrogen-bond donors (Lipinski definition) is 2. The maximum Gasteiger partial charge on any atom is 0.330 e. The molecule has 0 aliphatic heterocycles. The summed E-state index contributed by atoms with van der Waals surface area (Å²) in [6.45, 7) is 11.2. The predicted molar refractivity (Wildman–Crippen MR) is 154 cm³/mol. The molecular formula is C30H53N3O6. The Morgan fingerprint density at radius 3 is 2.03 bits per heavy atom. The fraction of sp³-hybridized carbons (Fsp3) is 0.767. The number of ether oxygens (including phenoxy) is 1. The van der Waals surface area contributed by atoms with E-state index in [0.717, 1.165) is 38.4 Å². The van der Waals surface area contributed by atoms with Gasteiger partial charge in [0, 0.05) is 13.5 Å². The Balaban J connectivity index is 5.70. The summed E-state index contributed by atoms with van der Waals surface area (Å²) in [6.07, 6.45) is 11.5. The molecule has 3 amide bonds. The lowest BCUT2D eigenvalue weighted by Crippen LogP contribution is -2.52. The van der Waals surface area contributed by atoms with Crippen LogP contribution in [0.1, 0.15) is 112 Å². The zero-order valence-corrected chi connectivity index (χ0v) is 25.3. The van der Waals surface area contributed by atoms with Crippen LogP contribution >= 0.6 is 0 Å². The van der Waals surface area contributed by atoms with Gasteiger partial charge < -0.3 is 25.1 Å². The van der Waals surface area contributed by atoms with E-state index in [1.807, 2.05) is 27.7 Å². The van der Waals surface area contributed by atoms with Gasteiger partial charge in [0.1, 0.15) is 24.6 Å². The molecule has 0 aliphatic rings. The van der Waals surface area contributed by atoms with Gasteiger partial charge in [-0.1, -0.05) is 86.0 Å². The summed E-state index contributed by atoms with van der Waals surface area (Å²) in [7, 11) is 1.56. The van der Waals surface area contributed by atoms with Gasteiger partial charge in [-0.3, -0.25) is 14.4 Å². The van der Waals surface area contributed by atoms with Crippen LogP contribution in [-0.2, 0) is 28.7 Å². The number of carbonyl (C=O) groups is 5. The van der Waals surface area contributed by atoms with Crippen LogP contribution in [0.2, 0.25) is 0 Å². The number of carbonyl (C=O) groups excluding carboxylic acids is 5. The average molecular weight is 552 g/mol.